The van der Waals surface area contributed by atoms with E-state index in [0.717, 1.165) is 57.4 Å². The zero-order valence-corrected chi connectivity index (χ0v) is 13.5. The molecule has 1 aromatic heterocycles. The van der Waals surface area contributed by atoms with Crippen LogP contribution in [0.25, 0.3) is 10.8 Å². The van der Waals surface area contributed by atoms with Gasteiger partial charge in [0.05, 0.1) is 18.9 Å². The predicted octanol–water partition coefficient (Wildman–Crippen LogP) is 2.10. The number of likely N-dealkylation sites (N-methyl/N-ethyl adjacent to an activating group) is 1. The van der Waals surface area contributed by atoms with Crippen LogP contribution in [-0.2, 0) is 4.74 Å². The van der Waals surface area contributed by atoms with E-state index in [9.17, 15) is 0 Å². The Labute approximate surface area is 131 Å². The van der Waals surface area contributed by atoms with E-state index in [4.69, 9.17) is 4.74 Å². The molecule has 118 valence electrons. The molecule has 0 radical (unpaired) electrons. The molecule has 22 heavy (non-hydrogen) atoms. The van der Waals surface area contributed by atoms with E-state index >= 15 is 0 Å². The van der Waals surface area contributed by atoms with Crippen molar-refractivity contribution in [3.63, 3.8) is 0 Å². The van der Waals surface area contributed by atoms with Crippen LogP contribution in [0, 0.1) is 6.92 Å². The fourth-order valence-corrected chi connectivity index (χ4v) is 2.96. The van der Waals surface area contributed by atoms with Gasteiger partial charge in [-0.25, -0.2) is 0 Å². The Morgan fingerprint density at radius 1 is 1.14 bits per heavy atom. The third-order valence-corrected chi connectivity index (χ3v) is 4.32. The number of morpholine rings is 1. The van der Waals surface area contributed by atoms with Gasteiger partial charge in [-0.05, 0) is 13.8 Å². The van der Waals surface area contributed by atoms with Crippen LogP contribution in [0.5, 0.6) is 0 Å². The minimum absolute atomic E-state index is 0.847. The summed E-state index contributed by atoms with van der Waals surface area (Å²) in [5, 5.41) is 11.2. The van der Waals surface area contributed by atoms with Gasteiger partial charge in [-0.2, -0.15) is 5.10 Å². The first-order valence-corrected chi connectivity index (χ1v) is 8.06. The molecule has 0 bridgehead atoms. The molecule has 5 nitrogen and oxygen atoms in total. The van der Waals surface area contributed by atoms with Crippen molar-refractivity contribution in [1.29, 1.82) is 0 Å². The van der Waals surface area contributed by atoms with Crippen LogP contribution in [0.2, 0.25) is 0 Å². The van der Waals surface area contributed by atoms with Gasteiger partial charge in [-0.1, -0.05) is 24.3 Å². The Balaban J connectivity index is 1.79. The molecule has 1 aliphatic heterocycles. The smallest absolute Gasteiger partial charge is 0.159 e. The second kappa shape index (κ2) is 7.03. The van der Waals surface area contributed by atoms with E-state index < -0.39 is 0 Å². The lowest BCUT2D eigenvalue weighted by Crippen LogP contribution is -2.41. The average Bonchev–Trinajstić information content (AvgIpc) is 2.58. The maximum Gasteiger partial charge on any atom is 0.159 e. The number of hydrogen-bond donors (Lipinski definition) is 0. The number of ether oxygens (including phenoxy) is 1. The van der Waals surface area contributed by atoms with Gasteiger partial charge in [0.15, 0.2) is 5.82 Å². The van der Waals surface area contributed by atoms with Gasteiger partial charge in [0.1, 0.15) is 0 Å². The van der Waals surface area contributed by atoms with Gasteiger partial charge in [-0.15, -0.1) is 5.10 Å². The summed E-state index contributed by atoms with van der Waals surface area (Å²) in [5.74, 6) is 0.997. The minimum Gasteiger partial charge on any atom is -0.379 e. The molecule has 0 amide bonds. The van der Waals surface area contributed by atoms with E-state index in [2.05, 4.69) is 51.2 Å². The Kier molecular flexibility index (Phi) is 4.85. The largest absolute Gasteiger partial charge is 0.379 e. The maximum absolute atomic E-state index is 5.41. The van der Waals surface area contributed by atoms with E-state index in [1.54, 1.807) is 0 Å². The molecule has 0 atom stereocenters. The number of hydrogen-bond acceptors (Lipinski definition) is 5. The third-order valence-electron chi connectivity index (χ3n) is 4.32. The summed E-state index contributed by atoms with van der Waals surface area (Å²) in [5.41, 5.74) is 0.989. The molecule has 0 saturated carbocycles. The molecular weight excluding hydrogens is 276 g/mol. The normalized spacial score (nSPS) is 16.1. The Hall–Kier alpha value is -1.72. The number of aryl methyl sites for hydroxylation is 1. The third kappa shape index (κ3) is 3.20. The highest BCUT2D eigenvalue weighted by Gasteiger charge is 2.15. The average molecular weight is 300 g/mol. The second-order valence-electron chi connectivity index (χ2n) is 5.69. The molecule has 5 heteroatoms. The van der Waals surface area contributed by atoms with Crippen LogP contribution in [0.15, 0.2) is 24.3 Å². The zero-order chi connectivity index (χ0) is 15.4. The number of rotatable bonds is 5. The Morgan fingerprint density at radius 3 is 2.59 bits per heavy atom. The van der Waals surface area contributed by atoms with E-state index in [1.807, 2.05) is 6.92 Å². The molecule has 2 aromatic rings. The van der Waals surface area contributed by atoms with Gasteiger partial charge in [-0.3, -0.25) is 4.90 Å². The lowest BCUT2D eigenvalue weighted by atomic mass is 10.1. The lowest BCUT2D eigenvalue weighted by molar-refractivity contribution is 0.0392. The fourth-order valence-electron chi connectivity index (χ4n) is 2.96. The predicted molar refractivity (Wildman–Crippen MR) is 89.4 cm³/mol. The summed E-state index contributed by atoms with van der Waals surface area (Å²) in [7, 11) is 0. The van der Waals surface area contributed by atoms with Crippen LogP contribution < -0.4 is 4.90 Å². The van der Waals surface area contributed by atoms with E-state index in [-0.39, 0.29) is 0 Å². The number of anilines is 1. The number of nitrogens with zero attached hydrogens (tertiary/aromatic N) is 4. The molecule has 1 aliphatic rings. The summed E-state index contributed by atoms with van der Waals surface area (Å²) in [6.45, 7) is 10.9. The molecule has 0 spiro atoms. The van der Waals surface area contributed by atoms with Crippen molar-refractivity contribution in [2.45, 2.75) is 13.8 Å². The van der Waals surface area contributed by atoms with E-state index in [0.29, 0.717) is 0 Å². The fraction of sp³-hybridized carbons (Fsp3) is 0.529. The van der Waals surface area contributed by atoms with Gasteiger partial charge in [0.25, 0.3) is 0 Å². The summed E-state index contributed by atoms with van der Waals surface area (Å²) < 4.78 is 5.41. The van der Waals surface area contributed by atoms with Crippen LogP contribution in [0.3, 0.4) is 0 Å². The van der Waals surface area contributed by atoms with Gasteiger partial charge in [0.2, 0.25) is 0 Å². The summed E-state index contributed by atoms with van der Waals surface area (Å²) in [6, 6.07) is 8.40. The highest BCUT2D eigenvalue weighted by Crippen LogP contribution is 2.25. The van der Waals surface area contributed by atoms with Gasteiger partial charge < -0.3 is 9.64 Å². The summed E-state index contributed by atoms with van der Waals surface area (Å²) in [4.78, 5) is 4.78. The SMILES string of the molecule is CCN(CCN1CCOCC1)c1nnc(C)c2ccccc12. The van der Waals surface area contributed by atoms with Crippen LogP contribution in [0.4, 0.5) is 5.82 Å². The molecule has 0 aliphatic carbocycles. The molecule has 1 aromatic carbocycles. The summed E-state index contributed by atoms with van der Waals surface area (Å²) in [6.07, 6.45) is 0. The standard InChI is InChI=1S/C17H24N4O/c1-3-21(9-8-20-10-12-22-13-11-20)17-16-7-5-4-6-15(16)14(2)18-19-17/h4-7H,3,8-13H2,1-2H3. The number of benzene rings is 1. The second-order valence-corrected chi connectivity index (χ2v) is 5.69. The molecular formula is C17H24N4O. The van der Waals surface area contributed by atoms with Crippen molar-refractivity contribution in [1.82, 2.24) is 15.1 Å². The summed E-state index contributed by atoms with van der Waals surface area (Å²) >= 11 is 0. The maximum atomic E-state index is 5.41. The van der Waals surface area contributed by atoms with Crippen molar-refractivity contribution in [3.05, 3.63) is 30.0 Å². The van der Waals surface area contributed by atoms with Crippen molar-refractivity contribution < 1.29 is 4.74 Å². The van der Waals surface area contributed by atoms with Crippen molar-refractivity contribution in [2.75, 3.05) is 50.8 Å². The highest BCUT2D eigenvalue weighted by molar-refractivity contribution is 5.93. The number of fused-ring (bicyclic) bond motifs is 1. The minimum atomic E-state index is 0.847. The monoisotopic (exact) mass is 300 g/mol. The van der Waals surface area contributed by atoms with Crippen molar-refractivity contribution >= 4 is 16.6 Å². The van der Waals surface area contributed by atoms with Crippen molar-refractivity contribution in [2.24, 2.45) is 0 Å². The number of aromatic nitrogens is 2. The molecule has 0 unspecified atom stereocenters. The first kappa shape index (κ1) is 15.2. The van der Waals surface area contributed by atoms with Crippen LogP contribution in [0.1, 0.15) is 12.6 Å². The van der Waals surface area contributed by atoms with Crippen LogP contribution >= 0.6 is 0 Å². The van der Waals surface area contributed by atoms with Gasteiger partial charge in [0, 0.05) is 43.5 Å². The first-order valence-electron chi connectivity index (χ1n) is 8.06. The molecule has 0 N–H and O–H groups in total. The van der Waals surface area contributed by atoms with E-state index in [1.165, 1.54) is 10.8 Å². The molecule has 2 heterocycles. The van der Waals surface area contributed by atoms with Crippen LogP contribution in [-0.4, -0.2) is 61.0 Å². The van der Waals surface area contributed by atoms with Crippen molar-refractivity contribution in [3.8, 4) is 0 Å². The first-order chi connectivity index (χ1) is 10.8. The highest BCUT2D eigenvalue weighted by atomic mass is 16.5. The van der Waals surface area contributed by atoms with Gasteiger partial charge >= 0.3 is 0 Å². The molecule has 1 fully saturated rings. The quantitative estimate of drug-likeness (QED) is 0.846. The molecule has 1 saturated heterocycles. The zero-order valence-electron chi connectivity index (χ0n) is 13.5. The Morgan fingerprint density at radius 2 is 1.86 bits per heavy atom. The topological polar surface area (TPSA) is 41.5 Å². The lowest BCUT2D eigenvalue weighted by Gasteiger charge is -2.30. The molecule has 3 rings (SSSR count). The Bertz CT molecular complexity index is 625.